The minimum Gasteiger partial charge on any atom is -0.459 e. The Balaban J connectivity index is 1.78. The van der Waals surface area contributed by atoms with Gasteiger partial charge in [-0.2, -0.15) is 0 Å². The Kier molecular flexibility index (Phi) is 7.69. The summed E-state index contributed by atoms with van der Waals surface area (Å²) in [7, 11) is -7.81. The quantitative estimate of drug-likeness (QED) is 0.276. The number of hydrogen-bond acceptors (Lipinski definition) is 8. The first-order chi connectivity index (χ1) is 18.0. The minimum absolute atomic E-state index is 0.119. The predicted octanol–water partition coefficient (Wildman–Crippen LogP) is 4.67. The molecule has 0 aliphatic carbocycles. The Hall–Kier alpha value is -3.19. The highest BCUT2D eigenvalue weighted by molar-refractivity contribution is 7.93. The molecule has 0 radical (unpaired) electrons. The molecule has 14 heteroatoms. The van der Waals surface area contributed by atoms with Gasteiger partial charge in [-0.15, -0.1) is 10.2 Å². The van der Waals surface area contributed by atoms with Gasteiger partial charge in [0.1, 0.15) is 12.1 Å². The van der Waals surface area contributed by atoms with E-state index < -0.39 is 38.0 Å². The molecule has 0 saturated heterocycles. The lowest BCUT2D eigenvalue weighted by Crippen LogP contribution is -2.39. The lowest BCUT2D eigenvalue weighted by atomic mass is 10.2. The van der Waals surface area contributed by atoms with Crippen LogP contribution < -0.4 is 4.31 Å². The Morgan fingerprint density at radius 1 is 0.949 bits per heavy atom. The number of rotatable bonds is 7. The third kappa shape index (κ3) is 6.52. The van der Waals surface area contributed by atoms with Gasteiger partial charge in [0.25, 0.3) is 10.0 Å². The Morgan fingerprint density at radius 2 is 1.62 bits per heavy atom. The van der Waals surface area contributed by atoms with Gasteiger partial charge in [0.05, 0.1) is 16.1 Å². The summed E-state index contributed by atoms with van der Waals surface area (Å²) >= 11 is 12.1. The summed E-state index contributed by atoms with van der Waals surface area (Å²) in [5.74, 6) is -0.393. The fraction of sp³-hybridized carbons (Fsp3) is 0.240. The molecule has 4 aromatic rings. The SMILES string of the molecule is CC(C)(C)OC(=O)CN(c1ccc2c(ccn2-c2ccc(S(C)(=O)=O)nn2)c1)S(=O)(=O)c1cc(Cl)cc(Cl)c1. The third-order valence-corrected chi connectivity index (χ3v) is 8.50. The van der Waals surface area contributed by atoms with E-state index in [1.165, 1.54) is 36.4 Å². The van der Waals surface area contributed by atoms with Crippen molar-refractivity contribution in [2.24, 2.45) is 0 Å². The molecule has 0 amide bonds. The molecule has 0 spiro atoms. The maximum atomic E-state index is 13.7. The van der Waals surface area contributed by atoms with Crippen molar-refractivity contribution in [1.29, 1.82) is 0 Å². The zero-order valence-corrected chi connectivity index (χ0v) is 24.4. The number of halogens is 2. The van der Waals surface area contributed by atoms with Crippen molar-refractivity contribution in [3.63, 3.8) is 0 Å². The maximum absolute atomic E-state index is 13.7. The summed E-state index contributed by atoms with van der Waals surface area (Å²) in [5.41, 5.74) is 0.00193. The van der Waals surface area contributed by atoms with Gasteiger partial charge < -0.3 is 4.74 Å². The highest BCUT2D eigenvalue weighted by Crippen LogP contribution is 2.31. The Labute approximate surface area is 236 Å². The van der Waals surface area contributed by atoms with Crippen LogP contribution in [0.15, 0.2) is 70.7 Å². The number of fused-ring (bicyclic) bond motifs is 1. The maximum Gasteiger partial charge on any atom is 0.327 e. The zero-order valence-electron chi connectivity index (χ0n) is 21.3. The standard InChI is InChI=1S/C25H24Cl2N4O6S2/c1-25(2,3)37-24(32)15-31(39(35,36)20-13-17(26)12-18(27)14-20)19-5-6-21-16(11-19)9-10-30(21)22-7-8-23(29-28-22)38(4,33)34/h5-14H,15H2,1-4H3. The number of sulfone groups is 1. The van der Waals surface area contributed by atoms with Crippen LogP contribution in [0.3, 0.4) is 0 Å². The Bertz CT molecular complexity index is 1760. The second-order valence-electron chi connectivity index (χ2n) is 9.63. The van der Waals surface area contributed by atoms with Crippen LogP contribution in [-0.4, -0.2) is 56.0 Å². The van der Waals surface area contributed by atoms with Crippen molar-refractivity contribution in [3.05, 3.63) is 70.8 Å². The number of aromatic nitrogens is 3. The Morgan fingerprint density at radius 3 is 2.18 bits per heavy atom. The van der Waals surface area contributed by atoms with E-state index in [4.69, 9.17) is 27.9 Å². The first-order valence-electron chi connectivity index (χ1n) is 11.4. The minimum atomic E-state index is -4.30. The lowest BCUT2D eigenvalue weighted by Gasteiger charge is -2.26. The van der Waals surface area contributed by atoms with Crippen molar-refractivity contribution in [2.75, 3.05) is 17.1 Å². The topological polar surface area (TPSA) is 129 Å². The second kappa shape index (κ2) is 10.4. The molecule has 4 rings (SSSR count). The van der Waals surface area contributed by atoms with Gasteiger partial charge in [0.2, 0.25) is 0 Å². The van der Waals surface area contributed by atoms with Crippen LogP contribution >= 0.6 is 23.2 Å². The molecule has 2 aromatic heterocycles. The molecule has 2 aromatic carbocycles. The van der Waals surface area contributed by atoms with Gasteiger partial charge in [-0.1, -0.05) is 23.2 Å². The normalized spacial score (nSPS) is 12.5. The summed E-state index contributed by atoms with van der Waals surface area (Å²) in [6, 6.07) is 13.3. The molecule has 206 valence electrons. The molecule has 0 N–H and O–H groups in total. The van der Waals surface area contributed by atoms with E-state index in [0.29, 0.717) is 16.7 Å². The summed E-state index contributed by atoms with van der Waals surface area (Å²) in [5, 5.41) is 8.49. The fourth-order valence-corrected chi connectivity index (χ4v) is 6.37. The number of ether oxygens (including phenoxy) is 1. The van der Waals surface area contributed by atoms with Crippen LogP contribution in [0.2, 0.25) is 10.0 Å². The second-order valence-corrected chi connectivity index (χ2v) is 14.3. The molecule has 0 aliphatic rings. The first-order valence-corrected chi connectivity index (χ1v) is 15.5. The highest BCUT2D eigenvalue weighted by atomic mass is 35.5. The van der Waals surface area contributed by atoms with Crippen LogP contribution in [0, 0.1) is 0 Å². The monoisotopic (exact) mass is 610 g/mol. The highest BCUT2D eigenvalue weighted by Gasteiger charge is 2.30. The van der Waals surface area contributed by atoms with Gasteiger partial charge >= 0.3 is 5.97 Å². The smallest absolute Gasteiger partial charge is 0.327 e. The van der Waals surface area contributed by atoms with Crippen LogP contribution in [0.5, 0.6) is 0 Å². The number of carbonyl (C=O) groups is 1. The number of nitrogens with zero attached hydrogens (tertiary/aromatic N) is 4. The number of hydrogen-bond donors (Lipinski definition) is 0. The molecule has 0 saturated carbocycles. The van der Waals surface area contributed by atoms with Gasteiger partial charge in [-0.25, -0.2) is 16.8 Å². The number of esters is 1. The summed E-state index contributed by atoms with van der Waals surface area (Å²) in [4.78, 5) is 12.6. The van der Waals surface area contributed by atoms with E-state index in [2.05, 4.69) is 10.2 Å². The van der Waals surface area contributed by atoms with Crippen molar-refractivity contribution in [3.8, 4) is 5.82 Å². The van der Waals surface area contributed by atoms with Gasteiger partial charge in [0.15, 0.2) is 20.7 Å². The van der Waals surface area contributed by atoms with Crippen molar-refractivity contribution in [1.82, 2.24) is 14.8 Å². The van der Waals surface area contributed by atoms with Crippen molar-refractivity contribution in [2.45, 2.75) is 36.3 Å². The molecule has 10 nitrogen and oxygen atoms in total. The van der Waals surface area contributed by atoms with E-state index in [0.717, 1.165) is 10.6 Å². The van der Waals surface area contributed by atoms with E-state index in [9.17, 15) is 21.6 Å². The summed E-state index contributed by atoms with van der Waals surface area (Å²) < 4.78 is 58.9. The van der Waals surface area contributed by atoms with E-state index in [1.807, 2.05) is 0 Å². The number of anilines is 1. The molecule has 0 fully saturated rings. The molecule has 0 atom stereocenters. The largest absolute Gasteiger partial charge is 0.459 e. The van der Waals surface area contributed by atoms with Crippen LogP contribution in [-0.2, 0) is 29.4 Å². The fourth-order valence-electron chi connectivity index (χ4n) is 3.73. The van der Waals surface area contributed by atoms with Crippen molar-refractivity contribution >= 4 is 65.6 Å². The third-order valence-electron chi connectivity index (χ3n) is 5.33. The van der Waals surface area contributed by atoms with E-state index >= 15 is 0 Å². The average molecular weight is 612 g/mol. The predicted molar refractivity (Wildman–Crippen MR) is 149 cm³/mol. The lowest BCUT2D eigenvalue weighted by molar-refractivity contribution is -0.152. The van der Waals surface area contributed by atoms with E-state index in [-0.39, 0.29) is 25.7 Å². The molecule has 0 unspecified atom stereocenters. The van der Waals surface area contributed by atoms with Gasteiger partial charge in [-0.05, 0) is 75.4 Å². The number of carbonyl (C=O) groups excluding carboxylic acids is 1. The molecular formula is C25H24Cl2N4O6S2. The van der Waals surface area contributed by atoms with Crippen molar-refractivity contribution < 1.29 is 26.4 Å². The molecule has 0 bridgehead atoms. The van der Waals surface area contributed by atoms with Gasteiger partial charge in [0, 0.05) is 27.9 Å². The number of sulfonamides is 1. The zero-order chi connectivity index (χ0) is 28.8. The molecular weight excluding hydrogens is 587 g/mol. The average Bonchev–Trinajstić information content (AvgIpc) is 3.23. The van der Waals surface area contributed by atoms with Crippen LogP contribution in [0.1, 0.15) is 20.8 Å². The van der Waals surface area contributed by atoms with Crippen LogP contribution in [0.4, 0.5) is 5.69 Å². The first kappa shape index (κ1) is 28.8. The molecule has 0 aliphatic heterocycles. The van der Waals surface area contributed by atoms with Gasteiger partial charge in [-0.3, -0.25) is 13.7 Å². The molecule has 2 heterocycles. The molecule has 39 heavy (non-hydrogen) atoms. The number of benzene rings is 2. The van der Waals surface area contributed by atoms with Crippen LogP contribution in [0.25, 0.3) is 16.7 Å². The summed E-state index contributed by atoms with van der Waals surface area (Å²) in [6.45, 7) is 4.44. The summed E-state index contributed by atoms with van der Waals surface area (Å²) in [6.07, 6.45) is 2.72. The van der Waals surface area contributed by atoms with E-state index in [1.54, 1.807) is 49.7 Å².